The Kier molecular flexibility index (Phi) is 4.35. The molecule has 1 heterocycles. The van der Waals surface area contributed by atoms with Gasteiger partial charge in [-0.2, -0.15) is 0 Å². The van der Waals surface area contributed by atoms with E-state index in [9.17, 15) is 5.11 Å². The van der Waals surface area contributed by atoms with Crippen LogP contribution in [0.25, 0.3) is 0 Å². The summed E-state index contributed by atoms with van der Waals surface area (Å²) in [7, 11) is 0. The quantitative estimate of drug-likeness (QED) is 0.701. The van der Waals surface area contributed by atoms with Gasteiger partial charge in [-0.25, -0.2) is 0 Å². The van der Waals surface area contributed by atoms with E-state index in [0.717, 1.165) is 26.1 Å². The van der Waals surface area contributed by atoms with E-state index in [2.05, 4.69) is 12.2 Å². The predicted molar refractivity (Wildman–Crippen MR) is 57.3 cm³/mol. The first-order valence-electron chi connectivity index (χ1n) is 5.55. The Bertz CT molecular complexity index is 165. The van der Waals surface area contributed by atoms with Crippen molar-refractivity contribution in [2.24, 2.45) is 5.92 Å². The van der Waals surface area contributed by atoms with Gasteiger partial charge in [0.05, 0.1) is 13.2 Å². The second kappa shape index (κ2) is 5.10. The predicted octanol–water partition coefficient (Wildman–Crippen LogP) is 1.16. The summed E-state index contributed by atoms with van der Waals surface area (Å²) in [6.07, 6.45) is 2.24. The molecule has 3 heteroatoms. The third kappa shape index (κ3) is 3.23. The summed E-state index contributed by atoms with van der Waals surface area (Å²) < 4.78 is 5.39. The van der Waals surface area contributed by atoms with Crippen LogP contribution in [0.2, 0.25) is 0 Å². The SMILES string of the molecule is CCC(NC(C)(C)CO)C1CCOC1. The van der Waals surface area contributed by atoms with E-state index in [0.29, 0.717) is 12.0 Å². The summed E-state index contributed by atoms with van der Waals surface area (Å²) in [4.78, 5) is 0. The smallest absolute Gasteiger partial charge is 0.0607 e. The molecule has 0 saturated carbocycles. The lowest BCUT2D eigenvalue weighted by molar-refractivity contribution is 0.142. The van der Waals surface area contributed by atoms with Crippen molar-refractivity contribution in [3.8, 4) is 0 Å². The van der Waals surface area contributed by atoms with Crippen molar-refractivity contribution in [2.45, 2.75) is 45.2 Å². The van der Waals surface area contributed by atoms with Gasteiger partial charge in [0.2, 0.25) is 0 Å². The van der Waals surface area contributed by atoms with Crippen LogP contribution in [0.1, 0.15) is 33.6 Å². The summed E-state index contributed by atoms with van der Waals surface area (Å²) >= 11 is 0. The first-order valence-corrected chi connectivity index (χ1v) is 5.55. The summed E-state index contributed by atoms with van der Waals surface area (Å²) in [6, 6.07) is 0.472. The van der Waals surface area contributed by atoms with Crippen molar-refractivity contribution in [3.63, 3.8) is 0 Å². The molecule has 1 aliphatic rings. The van der Waals surface area contributed by atoms with Gasteiger partial charge in [-0.05, 0) is 32.6 Å². The fourth-order valence-corrected chi connectivity index (χ4v) is 1.97. The van der Waals surface area contributed by atoms with Crippen LogP contribution >= 0.6 is 0 Å². The van der Waals surface area contributed by atoms with Crippen LogP contribution in [0.15, 0.2) is 0 Å². The highest BCUT2D eigenvalue weighted by molar-refractivity contribution is 4.86. The molecule has 3 nitrogen and oxygen atoms in total. The molecule has 0 amide bonds. The maximum absolute atomic E-state index is 9.19. The normalized spacial score (nSPS) is 25.3. The van der Waals surface area contributed by atoms with E-state index >= 15 is 0 Å². The largest absolute Gasteiger partial charge is 0.394 e. The molecule has 0 aliphatic carbocycles. The Balaban J connectivity index is 2.45. The molecular formula is C11H23NO2. The van der Waals surface area contributed by atoms with Crippen molar-refractivity contribution in [1.29, 1.82) is 0 Å². The van der Waals surface area contributed by atoms with Crippen molar-refractivity contribution >= 4 is 0 Å². The molecule has 84 valence electrons. The number of aliphatic hydroxyl groups excluding tert-OH is 1. The molecule has 1 fully saturated rings. The lowest BCUT2D eigenvalue weighted by atomic mass is 9.93. The molecule has 14 heavy (non-hydrogen) atoms. The maximum Gasteiger partial charge on any atom is 0.0607 e. The molecular weight excluding hydrogens is 178 g/mol. The monoisotopic (exact) mass is 201 g/mol. The first-order chi connectivity index (χ1) is 6.59. The molecule has 2 N–H and O–H groups in total. The second-order valence-corrected chi connectivity index (χ2v) is 4.82. The van der Waals surface area contributed by atoms with Crippen molar-refractivity contribution in [1.82, 2.24) is 5.32 Å². The van der Waals surface area contributed by atoms with Crippen LogP contribution in [0.5, 0.6) is 0 Å². The molecule has 1 saturated heterocycles. The van der Waals surface area contributed by atoms with Crippen LogP contribution in [-0.2, 0) is 4.74 Å². The lowest BCUT2D eigenvalue weighted by Gasteiger charge is -2.32. The average molecular weight is 201 g/mol. The van der Waals surface area contributed by atoms with E-state index in [1.807, 2.05) is 13.8 Å². The number of hydrogen-bond acceptors (Lipinski definition) is 3. The topological polar surface area (TPSA) is 41.5 Å². The summed E-state index contributed by atoms with van der Waals surface area (Å²) in [6.45, 7) is 8.19. The molecule has 0 aromatic rings. The third-order valence-electron chi connectivity index (χ3n) is 2.95. The first kappa shape index (κ1) is 12.0. The molecule has 2 atom stereocenters. The highest BCUT2D eigenvalue weighted by Gasteiger charge is 2.28. The van der Waals surface area contributed by atoms with Gasteiger partial charge in [0.15, 0.2) is 0 Å². The number of ether oxygens (including phenoxy) is 1. The summed E-state index contributed by atoms with van der Waals surface area (Å²) in [5.74, 6) is 0.617. The molecule has 0 radical (unpaired) electrons. The van der Waals surface area contributed by atoms with E-state index in [-0.39, 0.29) is 12.1 Å². The molecule has 1 aliphatic heterocycles. The minimum Gasteiger partial charge on any atom is -0.394 e. The zero-order chi connectivity index (χ0) is 10.6. The maximum atomic E-state index is 9.19. The lowest BCUT2D eigenvalue weighted by Crippen LogP contribution is -2.51. The van der Waals surface area contributed by atoms with Crippen LogP contribution < -0.4 is 5.32 Å². The van der Waals surface area contributed by atoms with E-state index in [1.165, 1.54) is 0 Å². The van der Waals surface area contributed by atoms with Crippen LogP contribution in [-0.4, -0.2) is 36.5 Å². The van der Waals surface area contributed by atoms with Gasteiger partial charge in [0, 0.05) is 18.2 Å². The fourth-order valence-electron chi connectivity index (χ4n) is 1.97. The van der Waals surface area contributed by atoms with E-state index in [1.54, 1.807) is 0 Å². The standard InChI is InChI=1S/C11H23NO2/c1-4-10(9-5-6-14-7-9)12-11(2,3)8-13/h9-10,12-13H,4-8H2,1-3H3. The molecule has 0 aromatic heterocycles. The van der Waals surface area contributed by atoms with Gasteiger partial charge in [-0.15, -0.1) is 0 Å². The van der Waals surface area contributed by atoms with Gasteiger partial charge in [0.25, 0.3) is 0 Å². The van der Waals surface area contributed by atoms with E-state index < -0.39 is 0 Å². The minimum absolute atomic E-state index is 0.177. The van der Waals surface area contributed by atoms with Crippen LogP contribution in [0.3, 0.4) is 0 Å². The zero-order valence-electron chi connectivity index (χ0n) is 9.55. The van der Waals surface area contributed by atoms with Crippen molar-refractivity contribution in [2.75, 3.05) is 19.8 Å². The Labute approximate surface area is 86.8 Å². The summed E-state index contributed by atoms with van der Waals surface area (Å²) in [5, 5.41) is 12.7. The summed E-state index contributed by atoms with van der Waals surface area (Å²) in [5.41, 5.74) is -0.177. The number of nitrogens with one attached hydrogen (secondary N) is 1. The minimum atomic E-state index is -0.177. The number of aliphatic hydroxyl groups is 1. The zero-order valence-corrected chi connectivity index (χ0v) is 9.55. The van der Waals surface area contributed by atoms with Crippen molar-refractivity contribution < 1.29 is 9.84 Å². The third-order valence-corrected chi connectivity index (χ3v) is 2.95. The molecule has 0 aromatic carbocycles. The molecule has 2 unspecified atom stereocenters. The second-order valence-electron chi connectivity index (χ2n) is 4.82. The van der Waals surface area contributed by atoms with Crippen molar-refractivity contribution in [3.05, 3.63) is 0 Å². The van der Waals surface area contributed by atoms with Gasteiger partial charge in [0.1, 0.15) is 0 Å². The number of hydrogen-bond donors (Lipinski definition) is 2. The fraction of sp³-hybridized carbons (Fsp3) is 1.00. The Morgan fingerprint density at radius 2 is 2.29 bits per heavy atom. The molecule has 0 spiro atoms. The molecule has 1 rings (SSSR count). The van der Waals surface area contributed by atoms with Gasteiger partial charge in [-0.3, -0.25) is 0 Å². The Hall–Kier alpha value is -0.120. The number of rotatable bonds is 5. The molecule has 0 bridgehead atoms. The highest BCUT2D eigenvalue weighted by atomic mass is 16.5. The van der Waals surface area contributed by atoms with Crippen LogP contribution in [0.4, 0.5) is 0 Å². The average Bonchev–Trinajstić information content (AvgIpc) is 2.67. The Morgan fingerprint density at radius 1 is 1.57 bits per heavy atom. The van der Waals surface area contributed by atoms with Gasteiger partial charge < -0.3 is 15.2 Å². The van der Waals surface area contributed by atoms with E-state index in [4.69, 9.17) is 4.74 Å². The van der Waals surface area contributed by atoms with Gasteiger partial charge in [-0.1, -0.05) is 6.92 Å². The van der Waals surface area contributed by atoms with Gasteiger partial charge >= 0.3 is 0 Å². The Morgan fingerprint density at radius 3 is 2.71 bits per heavy atom. The highest BCUT2D eigenvalue weighted by Crippen LogP contribution is 2.20. The van der Waals surface area contributed by atoms with Crippen LogP contribution in [0, 0.1) is 5.92 Å².